The van der Waals surface area contributed by atoms with Crippen molar-refractivity contribution in [2.24, 2.45) is 0 Å². The highest BCUT2D eigenvalue weighted by atomic mass is 32.1. The molecule has 0 fully saturated rings. The highest BCUT2D eigenvalue weighted by Gasteiger charge is 2.06. The third-order valence-corrected chi connectivity index (χ3v) is 2.14. The molecule has 0 aromatic carbocycles. The molecule has 0 aliphatic rings. The first-order valence-electron chi connectivity index (χ1n) is 2.98. The monoisotopic (exact) mass is 155 g/mol. The van der Waals surface area contributed by atoms with E-state index in [4.69, 9.17) is 5.73 Å². The van der Waals surface area contributed by atoms with Gasteiger partial charge in [-0.05, 0) is 19.9 Å². The Labute approximate surface area is 63.7 Å². The van der Waals surface area contributed by atoms with Crippen LogP contribution in [0.3, 0.4) is 0 Å². The van der Waals surface area contributed by atoms with Crippen molar-refractivity contribution >= 4 is 22.1 Å². The van der Waals surface area contributed by atoms with Gasteiger partial charge in [0.05, 0.1) is 10.6 Å². The number of ketones is 1. The van der Waals surface area contributed by atoms with Gasteiger partial charge in [0.15, 0.2) is 5.78 Å². The number of aryl methyl sites for hydroxylation is 1. The maximum absolute atomic E-state index is 10.8. The van der Waals surface area contributed by atoms with E-state index in [0.29, 0.717) is 10.6 Å². The number of carbonyl (C=O) groups excluding carboxylic acids is 1. The summed E-state index contributed by atoms with van der Waals surface area (Å²) in [6, 6.07) is 1.82. The number of hydrogen-bond donors (Lipinski definition) is 1. The van der Waals surface area contributed by atoms with Crippen LogP contribution in [0.15, 0.2) is 6.07 Å². The second kappa shape index (κ2) is 2.42. The maximum atomic E-state index is 10.8. The van der Waals surface area contributed by atoms with Crippen molar-refractivity contribution in [1.29, 1.82) is 0 Å². The topological polar surface area (TPSA) is 43.1 Å². The van der Waals surface area contributed by atoms with Crippen molar-refractivity contribution in [1.82, 2.24) is 0 Å². The van der Waals surface area contributed by atoms with E-state index in [0.717, 1.165) is 4.88 Å². The molecule has 0 aliphatic heterocycles. The summed E-state index contributed by atoms with van der Waals surface area (Å²) in [5.74, 6) is 0.0434. The van der Waals surface area contributed by atoms with Crippen LogP contribution in [0, 0.1) is 6.92 Å². The molecule has 10 heavy (non-hydrogen) atoms. The molecule has 0 radical (unpaired) electrons. The van der Waals surface area contributed by atoms with Crippen molar-refractivity contribution in [3.63, 3.8) is 0 Å². The molecule has 0 atom stereocenters. The summed E-state index contributed by atoms with van der Waals surface area (Å²) in [6.45, 7) is 3.46. The largest absolute Gasteiger partial charge is 0.390 e. The van der Waals surface area contributed by atoms with E-state index in [1.54, 1.807) is 0 Å². The summed E-state index contributed by atoms with van der Waals surface area (Å²) < 4.78 is 0. The number of nitrogens with two attached hydrogens (primary N) is 1. The molecule has 54 valence electrons. The Morgan fingerprint density at radius 1 is 1.70 bits per heavy atom. The number of anilines is 1. The van der Waals surface area contributed by atoms with Crippen molar-refractivity contribution in [2.45, 2.75) is 13.8 Å². The minimum absolute atomic E-state index is 0.0434. The van der Waals surface area contributed by atoms with Crippen LogP contribution >= 0.6 is 11.3 Å². The van der Waals surface area contributed by atoms with Gasteiger partial charge in [-0.3, -0.25) is 4.79 Å². The molecule has 1 aromatic rings. The lowest BCUT2D eigenvalue weighted by molar-refractivity contribution is 0.101. The van der Waals surface area contributed by atoms with E-state index in [9.17, 15) is 4.79 Å². The summed E-state index contributed by atoms with van der Waals surface area (Å²) in [4.78, 5) is 11.9. The fourth-order valence-corrected chi connectivity index (χ4v) is 1.64. The molecule has 0 saturated heterocycles. The zero-order chi connectivity index (χ0) is 7.72. The second-order valence-electron chi connectivity index (χ2n) is 2.19. The normalized spacial score (nSPS) is 9.80. The zero-order valence-electron chi connectivity index (χ0n) is 5.97. The van der Waals surface area contributed by atoms with Crippen molar-refractivity contribution in [2.75, 3.05) is 5.73 Å². The van der Waals surface area contributed by atoms with E-state index >= 15 is 0 Å². The Balaban J connectivity index is 3.15. The molecule has 2 N–H and O–H groups in total. The predicted molar refractivity (Wildman–Crippen MR) is 43.5 cm³/mol. The van der Waals surface area contributed by atoms with Crippen molar-refractivity contribution in [3.8, 4) is 0 Å². The average molecular weight is 155 g/mol. The van der Waals surface area contributed by atoms with Gasteiger partial charge in [-0.25, -0.2) is 0 Å². The molecule has 1 heterocycles. The summed E-state index contributed by atoms with van der Waals surface area (Å²) in [7, 11) is 0. The lowest BCUT2D eigenvalue weighted by atomic mass is 10.2. The second-order valence-corrected chi connectivity index (χ2v) is 3.48. The molecule has 0 aliphatic carbocycles. The number of rotatable bonds is 1. The Hall–Kier alpha value is -0.830. The first kappa shape index (κ1) is 7.28. The molecular formula is C7H9NOS. The van der Waals surface area contributed by atoms with Crippen LogP contribution in [-0.4, -0.2) is 5.78 Å². The number of Topliss-reactive ketones (excluding diaryl/α,β-unsaturated/α-hetero) is 1. The van der Waals surface area contributed by atoms with Gasteiger partial charge in [0, 0.05) is 4.88 Å². The van der Waals surface area contributed by atoms with E-state index in [-0.39, 0.29) is 5.78 Å². The molecule has 0 bridgehead atoms. The highest BCUT2D eigenvalue weighted by Crippen LogP contribution is 2.23. The van der Waals surface area contributed by atoms with Crippen LogP contribution in [0.1, 0.15) is 22.2 Å². The number of hydrogen-bond acceptors (Lipinski definition) is 3. The first-order chi connectivity index (χ1) is 4.61. The van der Waals surface area contributed by atoms with Crippen LogP contribution in [0.25, 0.3) is 0 Å². The summed E-state index contributed by atoms with van der Waals surface area (Å²) in [5, 5.41) is 0.630. The molecule has 3 heteroatoms. The number of nitrogen functional groups attached to an aromatic ring is 1. The number of thiophene rings is 1. The molecule has 1 aromatic heterocycles. The first-order valence-corrected chi connectivity index (χ1v) is 3.79. The summed E-state index contributed by atoms with van der Waals surface area (Å²) in [5.41, 5.74) is 6.20. The molecule has 0 amide bonds. The van der Waals surface area contributed by atoms with Gasteiger partial charge in [-0.15, -0.1) is 11.3 Å². The average Bonchev–Trinajstić information content (AvgIpc) is 2.10. The van der Waals surface area contributed by atoms with Crippen LogP contribution in [-0.2, 0) is 0 Å². The Morgan fingerprint density at radius 3 is 2.50 bits per heavy atom. The SMILES string of the molecule is CC(=O)c1cc(C)sc1N. The smallest absolute Gasteiger partial charge is 0.162 e. The Kier molecular flexibility index (Phi) is 1.76. The molecule has 0 spiro atoms. The lowest BCUT2D eigenvalue weighted by Crippen LogP contribution is -1.93. The van der Waals surface area contributed by atoms with E-state index in [2.05, 4.69) is 0 Å². The third kappa shape index (κ3) is 1.19. The molecular weight excluding hydrogens is 146 g/mol. The van der Waals surface area contributed by atoms with Crippen LogP contribution in [0.2, 0.25) is 0 Å². The van der Waals surface area contributed by atoms with Crippen molar-refractivity contribution < 1.29 is 4.79 Å². The van der Waals surface area contributed by atoms with Gasteiger partial charge in [0.25, 0.3) is 0 Å². The van der Waals surface area contributed by atoms with Gasteiger partial charge in [0.1, 0.15) is 0 Å². The molecule has 0 saturated carbocycles. The zero-order valence-corrected chi connectivity index (χ0v) is 6.79. The van der Waals surface area contributed by atoms with Gasteiger partial charge in [-0.2, -0.15) is 0 Å². The minimum Gasteiger partial charge on any atom is -0.390 e. The van der Waals surface area contributed by atoms with Crippen LogP contribution in [0.5, 0.6) is 0 Å². The highest BCUT2D eigenvalue weighted by molar-refractivity contribution is 7.16. The Bertz CT molecular complexity index is 265. The fraction of sp³-hybridized carbons (Fsp3) is 0.286. The Morgan fingerprint density at radius 2 is 2.30 bits per heavy atom. The van der Waals surface area contributed by atoms with Crippen LogP contribution < -0.4 is 5.73 Å². The van der Waals surface area contributed by atoms with Gasteiger partial charge in [0.2, 0.25) is 0 Å². The minimum atomic E-state index is 0.0434. The van der Waals surface area contributed by atoms with E-state index in [1.165, 1.54) is 18.3 Å². The van der Waals surface area contributed by atoms with Gasteiger partial charge >= 0.3 is 0 Å². The summed E-state index contributed by atoms with van der Waals surface area (Å²) in [6.07, 6.45) is 0. The fourth-order valence-electron chi connectivity index (χ4n) is 0.807. The molecule has 2 nitrogen and oxygen atoms in total. The van der Waals surface area contributed by atoms with Crippen LogP contribution in [0.4, 0.5) is 5.00 Å². The summed E-state index contributed by atoms with van der Waals surface area (Å²) >= 11 is 1.45. The van der Waals surface area contributed by atoms with Gasteiger partial charge in [-0.1, -0.05) is 0 Å². The maximum Gasteiger partial charge on any atom is 0.162 e. The lowest BCUT2D eigenvalue weighted by Gasteiger charge is -1.88. The molecule has 0 unspecified atom stereocenters. The van der Waals surface area contributed by atoms with Crippen molar-refractivity contribution in [3.05, 3.63) is 16.5 Å². The quantitative estimate of drug-likeness (QED) is 0.629. The van der Waals surface area contributed by atoms with E-state index < -0.39 is 0 Å². The standard InChI is InChI=1S/C7H9NOS/c1-4-3-6(5(2)9)7(8)10-4/h3H,8H2,1-2H3. The predicted octanol–water partition coefficient (Wildman–Crippen LogP) is 1.84. The third-order valence-electron chi connectivity index (χ3n) is 1.26. The van der Waals surface area contributed by atoms with Gasteiger partial charge < -0.3 is 5.73 Å². The number of carbonyl (C=O) groups is 1. The molecule has 1 rings (SSSR count). The van der Waals surface area contributed by atoms with E-state index in [1.807, 2.05) is 13.0 Å².